The maximum absolute atomic E-state index is 12.5. The predicted octanol–water partition coefficient (Wildman–Crippen LogP) is 1.97. The molecule has 0 aromatic heterocycles. The first kappa shape index (κ1) is 20.6. The average molecular weight is 380 g/mol. The summed E-state index contributed by atoms with van der Waals surface area (Å²) in [7, 11) is -2.64. The van der Waals surface area contributed by atoms with Crippen LogP contribution in [0.25, 0.3) is 0 Å². The molecule has 2 rings (SSSR count). The molecule has 1 aromatic carbocycles. The zero-order chi connectivity index (χ0) is 17.1. The SMILES string of the molecule is COc1ccc([N+](=O)[O-])cc1S(=O)(=O)NCC1(N)CCCCC1.Cl. The molecule has 8 nitrogen and oxygen atoms in total. The lowest BCUT2D eigenvalue weighted by Crippen LogP contribution is -2.51. The van der Waals surface area contributed by atoms with Gasteiger partial charge in [0.1, 0.15) is 10.6 Å². The Bertz CT molecular complexity index is 690. The van der Waals surface area contributed by atoms with Crippen molar-refractivity contribution in [3.8, 4) is 5.75 Å². The van der Waals surface area contributed by atoms with Crippen molar-refractivity contribution in [2.75, 3.05) is 13.7 Å². The lowest BCUT2D eigenvalue weighted by molar-refractivity contribution is -0.385. The van der Waals surface area contributed by atoms with Gasteiger partial charge in [0.05, 0.1) is 12.0 Å². The highest BCUT2D eigenvalue weighted by Crippen LogP contribution is 2.29. The summed E-state index contributed by atoms with van der Waals surface area (Å²) in [6.07, 6.45) is 4.55. The summed E-state index contributed by atoms with van der Waals surface area (Å²) >= 11 is 0. The van der Waals surface area contributed by atoms with Gasteiger partial charge in [-0.1, -0.05) is 19.3 Å². The van der Waals surface area contributed by atoms with Crippen molar-refractivity contribution < 1.29 is 18.1 Å². The second-order valence-corrected chi connectivity index (χ2v) is 7.58. The van der Waals surface area contributed by atoms with Gasteiger partial charge in [0.15, 0.2) is 0 Å². The number of halogens is 1. The van der Waals surface area contributed by atoms with E-state index in [1.165, 1.54) is 19.2 Å². The molecular weight excluding hydrogens is 358 g/mol. The van der Waals surface area contributed by atoms with E-state index in [1.54, 1.807) is 0 Å². The number of benzene rings is 1. The molecule has 0 unspecified atom stereocenters. The van der Waals surface area contributed by atoms with Gasteiger partial charge in [0.2, 0.25) is 10.0 Å². The smallest absolute Gasteiger partial charge is 0.271 e. The fourth-order valence-corrected chi connectivity index (χ4v) is 4.06. The Morgan fingerprint density at radius 1 is 1.33 bits per heavy atom. The predicted molar refractivity (Wildman–Crippen MR) is 92.1 cm³/mol. The third kappa shape index (κ3) is 4.79. The number of ether oxygens (including phenoxy) is 1. The molecule has 0 amide bonds. The summed E-state index contributed by atoms with van der Waals surface area (Å²) < 4.78 is 32.5. The number of nitrogens with two attached hydrogens (primary N) is 1. The first-order chi connectivity index (χ1) is 10.8. The van der Waals surface area contributed by atoms with Gasteiger partial charge in [-0.25, -0.2) is 13.1 Å². The number of non-ortho nitro benzene ring substituents is 1. The molecule has 0 radical (unpaired) electrons. The van der Waals surface area contributed by atoms with Gasteiger partial charge in [-0.05, 0) is 18.9 Å². The third-order valence-electron chi connectivity index (χ3n) is 4.11. The number of nitrogens with zero attached hydrogens (tertiary/aromatic N) is 1. The van der Waals surface area contributed by atoms with Crippen LogP contribution in [0.1, 0.15) is 32.1 Å². The lowest BCUT2D eigenvalue weighted by Gasteiger charge is -2.33. The highest BCUT2D eigenvalue weighted by Gasteiger charge is 2.30. The number of nitro groups is 1. The standard InChI is InChI=1S/C14H21N3O5S.ClH/c1-22-12-6-5-11(17(18)19)9-13(12)23(20,21)16-10-14(15)7-3-2-4-8-14;/h5-6,9,16H,2-4,7-8,10,15H2,1H3;1H. The Morgan fingerprint density at radius 2 is 1.96 bits per heavy atom. The topological polar surface area (TPSA) is 125 Å². The van der Waals surface area contributed by atoms with E-state index in [0.717, 1.165) is 38.2 Å². The number of hydrogen-bond donors (Lipinski definition) is 2. The molecule has 1 aromatic rings. The van der Waals surface area contributed by atoms with Crippen molar-refractivity contribution in [2.24, 2.45) is 5.73 Å². The molecule has 0 atom stereocenters. The molecule has 10 heteroatoms. The Morgan fingerprint density at radius 3 is 2.50 bits per heavy atom. The number of rotatable bonds is 6. The van der Waals surface area contributed by atoms with Gasteiger partial charge >= 0.3 is 0 Å². The van der Waals surface area contributed by atoms with E-state index in [0.29, 0.717) is 0 Å². The van der Waals surface area contributed by atoms with Crippen molar-refractivity contribution in [3.63, 3.8) is 0 Å². The Hall–Kier alpha value is -1.42. The van der Waals surface area contributed by atoms with E-state index in [4.69, 9.17) is 10.5 Å². The fraction of sp³-hybridized carbons (Fsp3) is 0.571. The van der Waals surface area contributed by atoms with Crippen LogP contribution in [0.5, 0.6) is 5.75 Å². The molecule has 0 heterocycles. The van der Waals surface area contributed by atoms with E-state index >= 15 is 0 Å². The van der Waals surface area contributed by atoms with Crippen LogP contribution in [-0.4, -0.2) is 32.5 Å². The summed E-state index contributed by atoms with van der Waals surface area (Å²) in [6, 6.07) is 3.46. The Balaban J connectivity index is 0.00000288. The van der Waals surface area contributed by atoms with E-state index in [1.807, 2.05) is 0 Å². The maximum atomic E-state index is 12.5. The highest BCUT2D eigenvalue weighted by atomic mass is 35.5. The first-order valence-corrected chi connectivity index (χ1v) is 8.87. The summed E-state index contributed by atoms with van der Waals surface area (Å²) in [5.41, 5.74) is 5.34. The molecule has 1 fully saturated rings. The molecule has 1 aliphatic rings. The third-order valence-corrected chi connectivity index (χ3v) is 5.53. The summed E-state index contributed by atoms with van der Waals surface area (Å²) in [6.45, 7) is 0.0984. The number of methoxy groups -OCH3 is 1. The molecule has 1 saturated carbocycles. The van der Waals surface area contributed by atoms with E-state index in [9.17, 15) is 18.5 Å². The Kier molecular flexibility index (Phi) is 6.97. The summed E-state index contributed by atoms with van der Waals surface area (Å²) in [5.74, 6) is 0.0535. The van der Waals surface area contributed by atoms with Gasteiger partial charge in [-0.15, -0.1) is 12.4 Å². The molecular formula is C14H22ClN3O5S. The van der Waals surface area contributed by atoms with Crippen molar-refractivity contribution >= 4 is 28.1 Å². The van der Waals surface area contributed by atoms with Gasteiger partial charge in [0, 0.05) is 24.2 Å². The molecule has 136 valence electrons. The average Bonchev–Trinajstić information content (AvgIpc) is 2.53. The first-order valence-electron chi connectivity index (χ1n) is 7.38. The van der Waals surface area contributed by atoms with Gasteiger partial charge in [-0.2, -0.15) is 0 Å². The van der Waals surface area contributed by atoms with Gasteiger partial charge < -0.3 is 10.5 Å². The maximum Gasteiger partial charge on any atom is 0.271 e. The van der Waals surface area contributed by atoms with Crippen LogP contribution in [0, 0.1) is 10.1 Å². The largest absolute Gasteiger partial charge is 0.495 e. The monoisotopic (exact) mass is 379 g/mol. The van der Waals surface area contributed by atoms with Crippen LogP contribution in [0.15, 0.2) is 23.1 Å². The molecule has 0 bridgehead atoms. The van der Waals surface area contributed by atoms with Crippen LogP contribution in [0.2, 0.25) is 0 Å². The van der Waals surface area contributed by atoms with E-state index in [2.05, 4.69) is 4.72 Å². The van der Waals surface area contributed by atoms with Crippen LogP contribution >= 0.6 is 12.4 Å². The number of nitro benzene ring substituents is 1. The lowest BCUT2D eigenvalue weighted by atomic mass is 9.83. The molecule has 3 N–H and O–H groups in total. The molecule has 1 aliphatic carbocycles. The quantitative estimate of drug-likeness (QED) is 0.575. The van der Waals surface area contributed by atoms with E-state index in [-0.39, 0.29) is 35.3 Å². The van der Waals surface area contributed by atoms with Crippen molar-refractivity contribution in [3.05, 3.63) is 28.3 Å². The zero-order valence-electron chi connectivity index (χ0n) is 13.4. The van der Waals surface area contributed by atoms with Crippen molar-refractivity contribution in [1.29, 1.82) is 0 Å². The normalized spacial score (nSPS) is 16.9. The van der Waals surface area contributed by atoms with Crippen LogP contribution in [-0.2, 0) is 10.0 Å². The number of nitrogens with one attached hydrogen (secondary N) is 1. The van der Waals surface area contributed by atoms with E-state index < -0.39 is 20.5 Å². The molecule has 0 aliphatic heterocycles. The molecule has 0 spiro atoms. The number of hydrogen-bond acceptors (Lipinski definition) is 6. The minimum Gasteiger partial charge on any atom is -0.495 e. The van der Waals surface area contributed by atoms with Crippen LogP contribution in [0.3, 0.4) is 0 Å². The van der Waals surface area contributed by atoms with Gasteiger partial charge in [-0.3, -0.25) is 10.1 Å². The van der Waals surface area contributed by atoms with Crippen LogP contribution < -0.4 is 15.2 Å². The Labute approximate surface area is 147 Å². The summed E-state index contributed by atoms with van der Waals surface area (Å²) in [4.78, 5) is 9.96. The minimum atomic E-state index is -3.96. The van der Waals surface area contributed by atoms with Crippen LogP contribution in [0.4, 0.5) is 5.69 Å². The molecule has 24 heavy (non-hydrogen) atoms. The van der Waals surface area contributed by atoms with Crippen molar-refractivity contribution in [2.45, 2.75) is 42.5 Å². The number of sulfonamides is 1. The zero-order valence-corrected chi connectivity index (χ0v) is 15.0. The second-order valence-electron chi connectivity index (χ2n) is 5.84. The highest BCUT2D eigenvalue weighted by molar-refractivity contribution is 7.89. The minimum absolute atomic E-state index is 0. The van der Waals surface area contributed by atoms with Gasteiger partial charge in [0.25, 0.3) is 5.69 Å². The fourth-order valence-electron chi connectivity index (χ4n) is 2.74. The second kappa shape index (κ2) is 8.11. The van der Waals surface area contributed by atoms with Crippen molar-refractivity contribution in [1.82, 2.24) is 4.72 Å². The summed E-state index contributed by atoms with van der Waals surface area (Å²) in [5, 5.41) is 10.9. The molecule has 0 saturated heterocycles.